The predicted octanol–water partition coefficient (Wildman–Crippen LogP) is 4.35. The maximum atomic E-state index is 12.6. The van der Waals surface area contributed by atoms with Gasteiger partial charge in [0.1, 0.15) is 18.1 Å². The van der Waals surface area contributed by atoms with Crippen LogP contribution in [0.25, 0.3) is 0 Å². The summed E-state index contributed by atoms with van der Waals surface area (Å²) in [6.07, 6.45) is 4.44. The van der Waals surface area contributed by atoms with Crippen molar-refractivity contribution in [2.45, 2.75) is 32.7 Å². The molecule has 2 heterocycles. The Hall–Kier alpha value is -2.80. The standard InChI is InChI=1S/C22H26N4O2S/c1-15(2)9-11-28-18-7-8-19(24-14-18)20(27)25-17-6-4-5-16(13-17)22(3)10-12-29-21(23)26-22/h4-9,13-14H,10-12H2,1-3H3,(H2,23,26)(H,25,27)/t22-/m0/s1. The molecule has 2 aromatic rings. The minimum absolute atomic E-state index is 0.273. The van der Waals surface area contributed by atoms with Crippen LogP contribution in [0, 0.1) is 0 Å². The minimum Gasteiger partial charge on any atom is -0.488 e. The van der Waals surface area contributed by atoms with Crippen molar-refractivity contribution < 1.29 is 9.53 Å². The third-order valence-electron chi connectivity index (χ3n) is 4.65. The van der Waals surface area contributed by atoms with Crippen LogP contribution in [0.3, 0.4) is 0 Å². The highest BCUT2D eigenvalue weighted by atomic mass is 32.2. The molecule has 3 rings (SSSR count). The zero-order valence-electron chi connectivity index (χ0n) is 16.9. The van der Waals surface area contributed by atoms with Crippen molar-refractivity contribution in [3.05, 3.63) is 65.5 Å². The van der Waals surface area contributed by atoms with Crippen LogP contribution in [0.2, 0.25) is 0 Å². The largest absolute Gasteiger partial charge is 0.488 e. The number of aromatic nitrogens is 1. The number of carbonyl (C=O) groups is 1. The van der Waals surface area contributed by atoms with Crippen molar-refractivity contribution in [1.82, 2.24) is 4.98 Å². The molecule has 3 N–H and O–H groups in total. The summed E-state index contributed by atoms with van der Waals surface area (Å²) in [7, 11) is 0. The molecule has 7 heteroatoms. The summed E-state index contributed by atoms with van der Waals surface area (Å²) in [5, 5.41) is 3.51. The maximum absolute atomic E-state index is 12.6. The summed E-state index contributed by atoms with van der Waals surface area (Å²) in [5.74, 6) is 1.28. The third kappa shape index (κ3) is 5.60. The molecule has 6 nitrogen and oxygen atoms in total. The van der Waals surface area contributed by atoms with Gasteiger partial charge in [0.05, 0.1) is 11.7 Å². The second kappa shape index (κ2) is 9.13. The number of amidine groups is 1. The van der Waals surface area contributed by atoms with Gasteiger partial charge in [-0.2, -0.15) is 0 Å². The SMILES string of the molecule is CC(C)=CCOc1ccc(C(=O)Nc2cccc([C@]3(C)CCSC(N)=N3)c2)nc1. The van der Waals surface area contributed by atoms with Crippen molar-refractivity contribution >= 4 is 28.5 Å². The highest BCUT2D eigenvalue weighted by molar-refractivity contribution is 8.13. The molecule has 1 aliphatic heterocycles. The second-order valence-electron chi connectivity index (χ2n) is 7.33. The number of hydrogen-bond donors (Lipinski definition) is 2. The van der Waals surface area contributed by atoms with Crippen molar-refractivity contribution in [3.8, 4) is 5.75 Å². The Kier molecular flexibility index (Phi) is 6.59. The van der Waals surface area contributed by atoms with Gasteiger partial charge in [-0.1, -0.05) is 29.5 Å². The summed E-state index contributed by atoms with van der Waals surface area (Å²) >= 11 is 1.57. The van der Waals surface area contributed by atoms with Crippen LogP contribution in [-0.4, -0.2) is 28.4 Å². The van der Waals surface area contributed by atoms with Gasteiger partial charge in [-0.25, -0.2) is 4.98 Å². The number of hydrogen-bond acceptors (Lipinski definition) is 6. The first-order valence-corrected chi connectivity index (χ1v) is 10.5. The number of allylic oxidation sites excluding steroid dienone is 1. The number of thioether (sulfide) groups is 1. The van der Waals surface area contributed by atoms with Crippen LogP contribution in [0.4, 0.5) is 5.69 Å². The molecule has 0 bridgehead atoms. The van der Waals surface area contributed by atoms with Gasteiger partial charge in [-0.05, 0) is 63.1 Å². The summed E-state index contributed by atoms with van der Waals surface area (Å²) in [5.41, 5.74) is 8.78. The number of aliphatic imine (C=N–C) groups is 1. The van der Waals surface area contributed by atoms with Crippen LogP contribution < -0.4 is 15.8 Å². The van der Waals surface area contributed by atoms with Crippen molar-refractivity contribution in [1.29, 1.82) is 0 Å². The molecule has 0 saturated heterocycles. The van der Waals surface area contributed by atoms with Gasteiger partial charge in [0, 0.05) is 11.4 Å². The fourth-order valence-corrected chi connectivity index (χ4v) is 3.90. The van der Waals surface area contributed by atoms with Gasteiger partial charge in [0.2, 0.25) is 0 Å². The Morgan fingerprint density at radius 1 is 1.34 bits per heavy atom. The molecule has 152 valence electrons. The van der Waals surface area contributed by atoms with Crippen molar-refractivity contribution in [3.63, 3.8) is 0 Å². The molecular formula is C22H26N4O2S. The van der Waals surface area contributed by atoms with Crippen LogP contribution in [0.1, 0.15) is 43.2 Å². The molecule has 0 aliphatic carbocycles. The molecule has 29 heavy (non-hydrogen) atoms. The number of amides is 1. The van der Waals surface area contributed by atoms with Gasteiger partial charge in [-0.15, -0.1) is 0 Å². The molecule has 0 saturated carbocycles. The quantitative estimate of drug-likeness (QED) is 0.691. The lowest BCUT2D eigenvalue weighted by molar-refractivity contribution is 0.102. The molecule has 1 aromatic heterocycles. The number of rotatable bonds is 6. The van der Waals surface area contributed by atoms with E-state index in [1.807, 2.05) is 44.2 Å². The monoisotopic (exact) mass is 410 g/mol. The Balaban J connectivity index is 1.68. The number of ether oxygens (including phenoxy) is 1. The molecule has 1 atom stereocenters. The van der Waals surface area contributed by atoms with E-state index in [2.05, 4.69) is 22.2 Å². The Labute approximate surface area is 175 Å². The van der Waals surface area contributed by atoms with Crippen LogP contribution in [0.5, 0.6) is 5.75 Å². The highest BCUT2D eigenvalue weighted by Crippen LogP contribution is 2.35. The van der Waals surface area contributed by atoms with Crippen LogP contribution in [0.15, 0.2) is 59.2 Å². The molecule has 1 aliphatic rings. The summed E-state index contributed by atoms with van der Waals surface area (Å²) < 4.78 is 5.58. The highest BCUT2D eigenvalue weighted by Gasteiger charge is 2.29. The average Bonchev–Trinajstić information content (AvgIpc) is 2.68. The van der Waals surface area contributed by atoms with Crippen molar-refractivity contribution in [2.75, 3.05) is 17.7 Å². The number of nitrogens with two attached hydrogens (primary N) is 1. The molecule has 1 amide bonds. The maximum Gasteiger partial charge on any atom is 0.274 e. The van der Waals surface area contributed by atoms with Gasteiger partial charge in [0.25, 0.3) is 5.91 Å². The first-order chi connectivity index (χ1) is 13.9. The normalized spacial score (nSPS) is 18.5. The number of nitrogens with zero attached hydrogens (tertiary/aromatic N) is 2. The van der Waals surface area contributed by atoms with Crippen molar-refractivity contribution in [2.24, 2.45) is 10.7 Å². The fraction of sp³-hybridized carbons (Fsp3) is 0.318. The molecule has 0 unspecified atom stereocenters. The average molecular weight is 411 g/mol. The second-order valence-corrected chi connectivity index (χ2v) is 8.44. The Morgan fingerprint density at radius 3 is 2.86 bits per heavy atom. The lowest BCUT2D eigenvalue weighted by Crippen LogP contribution is -2.28. The van der Waals surface area contributed by atoms with Crippen LogP contribution in [-0.2, 0) is 5.54 Å². The number of carbonyl (C=O) groups excluding carboxylic acids is 1. The number of pyridine rings is 1. The predicted molar refractivity (Wildman–Crippen MR) is 120 cm³/mol. The lowest BCUT2D eigenvalue weighted by Gasteiger charge is -2.30. The van der Waals surface area contributed by atoms with E-state index < -0.39 is 0 Å². The van der Waals surface area contributed by atoms with Gasteiger partial charge >= 0.3 is 0 Å². The minimum atomic E-state index is -0.376. The van der Waals surface area contributed by atoms with E-state index in [0.717, 1.165) is 17.7 Å². The lowest BCUT2D eigenvalue weighted by atomic mass is 9.89. The summed E-state index contributed by atoms with van der Waals surface area (Å²) in [6, 6.07) is 11.1. The summed E-state index contributed by atoms with van der Waals surface area (Å²) in [6.45, 7) is 6.57. The molecule has 1 aromatic carbocycles. The Morgan fingerprint density at radius 2 is 2.17 bits per heavy atom. The third-order valence-corrected chi connectivity index (χ3v) is 5.44. The van der Waals surface area contributed by atoms with Crippen LogP contribution >= 0.6 is 11.8 Å². The molecular weight excluding hydrogens is 384 g/mol. The van der Waals surface area contributed by atoms with Gasteiger partial charge < -0.3 is 15.8 Å². The van der Waals surface area contributed by atoms with E-state index >= 15 is 0 Å². The summed E-state index contributed by atoms with van der Waals surface area (Å²) in [4.78, 5) is 21.4. The zero-order chi connectivity index (χ0) is 20.9. The fourth-order valence-electron chi connectivity index (χ4n) is 2.93. The molecule has 0 fully saturated rings. The smallest absolute Gasteiger partial charge is 0.274 e. The van der Waals surface area contributed by atoms with E-state index in [1.54, 1.807) is 30.1 Å². The van der Waals surface area contributed by atoms with E-state index in [9.17, 15) is 4.79 Å². The van der Waals surface area contributed by atoms with E-state index in [1.165, 1.54) is 5.57 Å². The first-order valence-electron chi connectivity index (χ1n) is 9.48. The van der Waals surface area contributed by atoms with Gasteiger partial charge in [-0.3, -0.25) is 9.79 Å². The van der Waals surface area contributed by atoms with Gasteiger partial charge in [0.15, 0.2) is 5.17 Å². The van der Waals surface area contributed by atoms with E-state index in [-0.39, 0.29) is 11.4 Å². The Bertz CT molecular complexity index is 936. The molecule has 0 radical (unpaired) electrons. The van der Waals surface area contributed by atoms with E-state index in [0.29, 0.717) is 28.9 Å². The molecule has 0 spiro atoms. The van der Waals surface area contributed by atoms with E-state index in [4.69, 9.17) is 10.5 Å². The number of nitrogens with one attached hydrogen (secondary N) is 1. The number of anilines is 1. The number of benzene rings is 1. The topological polar surface area (TPSA) is 89.6 Å². The zero-order valence-corrected chi connectivity index (χ0v) is 17.8. The first kappa shape index (κ1) is 20.9.